The summed E-state index contributed by atoms with van der Waals surface area (Å²) >= 11 is 0. The Kier molecular flexibility index (Phi) is 5.97. The van der Waals surface area contributed by atoms with Crippen molar-refractivity contribution in [1.82, 2.24) is 20.1 Å². The SMILES string of the molecule is CCn1ncc2c(N[C@@H](C)C(C)C)c(C(=O)N[C@H](C)c3ccccc3)cnc21. The molecule has 0 fully saturated rings. The third-order valence-corrected chi connectivity index (χ3v) is 5.23. The summed E-state index contributed by atoms with van der Waals surface area (Å²) in [7, 11) is 0. The molecular formula is C22H29N5O. The molecule has 6 heteroatoms. The van der Waals surface area contributed by atoms with Crippen LogP contribution < -0.4 is 10.6 Å². The fourth-order valence-corrected chi connectivity index (χ4v) is 3.08. The molecule has 2 aromatic heterocycles. The van der Waals surface area contributed by atoms with Gasteiger partial charge in [0.2, 0.25) is 0 Å². The summed E-state index contributed by atoms with van der Waals surface area (Å²) < 4.78 is 1.84. The average Bonchev–Trinajstić information content (AvgIpc) is 3.12. The first-order valence-electron chi connectivity index (χ1n) is 9.89. The van der Waals surface area contributed by atoms with Gasteiger partial charge in [-0.2, -0.15) is 5.10 Å². The van der Waals surface area contributed by atoms with E-state index in [1.165, 1.54) is 0 Å². The Bertz CT molecular complexity index is 948. The van der Waals surface area contributed by atoms with Crippen LogP contribution in [0.4, 0.5) is 5.69 Å². The standard InChI is InChI=1S/C22H29N5O/c1-6-27-21-18(13-24-27)20(25-15(4)14(2)3)19(12-23-21)22(28)26-16(5)17-10-8-7-9-11-17/h7-16H,6H2,1-5H3,(H,23,25)(H,26,28)/t15-,16+/m0/s1. The summed E-state index contributed by atoms with van der Waals surface area (Å²) in [6.45, 7) is 11.2. The number of carbonyl (C=O) groups is 1. The third-order valence-electron chi connectivity index (χ3n) is 5.23. The number of aromatic nitrogens is 3. The minimum Gasteiger partial charge on any atom is -0.381 e. The van der Waals surface area contributed by atoms with Crippen LogP contribution in [0, 0.1) is 5.92 Å². The fraction of sp³-hybridized carbons (Fsp3) is 0.409. The first kappa shape index (κ1) is 19.9. The molecule has 0 spiro atoms. The van der Waals surface area contributed by atoms with Gasteiger partial charge in [-0.05, 0) is 32.3 Å². The van der Waals surface area contributed by atoms with Gasteiger partial charge in [0.25, 0.3) is 5.91 Å². The van der Waals surface area contributed by atoms with Gasteiger partial charge in [-0.3, -0.25) is 4.79 Å². The van der Waals surface area contributed by atoms with Gasteiger partial charge in [-0.15, -0.1) is 0 Å². The Labute approximate surface area is 166 Å². The Hall–Kier alpha value is -2.89. The zero-order valence-electron chi connectivity index (χ0n) is 17.2. The predicted octanol–water partition coefficient (Wildman–Crippen LogP) is 4.40. The summed E-state index contributed by atoms with van der Waals surface area (Å²) in [6, 6.07) is 10.0. The Morgan fingerprint density at radius 3 is 2.46 bits per heavy atom. The Balaban J connectivity index is 1.97. The molecule has 3 rings (SSSR count). The van der Waals surface area contributed by atoms with Crippen LogP contribution in [0.1, 0.15) is 56.6 Å². The molecule has 0 saturated heterocycles. The number of hydrogen-bond acceptors (Lipinski definition) is 4. The van der Waals surface area contributed by atoms with Gasteiger partial charge < -0.3 is 10.6 Å². The maximum atomic E-state index is 13.1. The monoisotopic (exact) mass is 379 g/mol. The van der Waals surface area contributed by atoms with Gasteiger partial charge in [0.1, 0.15) is 0 Å². The highest BCUT2D eigenvalue weighted by molar-refractivity contribution is 6.06. The molecule has 1 aromatic carbocycles. The number of aryl methyl sites for hydroxylation is 1. The first-order chi connectivity index (χ1) is 13.4. The van der Waals surface area contributed by atoms with E-state index in [0.717, 1.165) is 28.8 Å². The van der Waals surface area contributed by atoms with Crippen molar-refractivity contribution in [3.63, 3.8) is 0 Å². The maximum Gasteiger partial charge on any atom is 0.255 e. The highest BCUT2D eigenvalue weighted by Gasteiger charge is 2.21. The van der Waals surface area contributed by atoms with E-state index in [9.17, 15) is 4.79 Å². The zero-order chi connectivity index (χ0) is 20.3. The summed E-state index contributed by atoms with van der Waals surface area (Å²) in [5.74, 6) is 0.275. The van der Waals surface area contributed by atoms with Gasteiger partial charge in [-0.25, -0.2) is 9.67 Å². The van der Waals surface area contributed by atoms with Crippen LogP contribution in [-0.2, 0) is 6.54 Å². The second kappa shape index (κ2) is 8.42. The summed E-state index contributed by atoms with van der Waals surface area (Å²) in [6.07, 6.45) is 3.44. The van der Waals surface area contributed by atoms with E-state index < -0.39 is 0 Å². The van der Waals surface area contributed by atoms with E-state index in [-0.39, 0.29) is 18.0 Å². The first-order valence-corrected chi connectivity index (χ1v) is 9.89. The van der Waals surface area contributed by atoms with E-state index in [1.54, 1.807) is 12.4 Å². The van der Waals surface area contributed by atoms with Crippen LogP contribution in [0.15, 0.2) is 42.7 Å². The summed E-state index contributed by atoms with van der Waals surface area (Å²) in [5.41, 5.74) is 3.18. The molecule has 2 atom stereocenters. The number of pyridine rings is 1. The van der Waals surface area contributed by atoms with Crippen molar-refractivity contribution < 1.29 is 4.79 Å². The summed E-state index contributed by atoms with van der Waals surface area (Å²) in [5, 5.41) is 11.9. The number of anilines is 1. The summed E-state index contributed by atoms with van der Waals surface area (Å²) in [4.78, 5) is 17.6. The number of hydrogen-bond donors (Lipinski definition) is 2. The van der Waals surface area contributed by atoms with E-state index in [4.69, 9.17) is 0 Å². The highest BCUT2D eigenvalue weighted by Crippen LogP contribution is 2.28. The number of nitrogens with zero attached hydrogens (tertiary/aromatic N) is 3. The van der Waals surface area contributed by atoms with Crippen molar-refractivity contribution >= 4 is 22.6 Å². The number of carbonyl (C=O) groups excluding carboxylic acids is 1. The van der Waals surface area contributed by atoms with Crippen molar-refractivity contribution in [2.75, 3.05) is 5.32 Å². The molecule has 0 radical (unpaired) electrons. The number of nitrogens with one attached hydrogen (secondary N) is 2. The molecular weight excluding hydrogens is 350 g/mol. The van der Waals surface area contributed by atoms with Crippen LogP contribution in [0.2, 0.25) is 0 Å². The molecule has 0 bridgehead atoms. The van der Waals surface area contributed by atoms with Crippen molar-refractivity contribution in [2.24, 2.45) is 5.92 Å². The van der Waals surface area contributed by atoms with E-state index >= 15 is 0 Å². The van der Waals surface area contributed by atoms with Crippen molar-refractivity contribution in [3.8, 4) is 0 Å². The van der Waals surface area contributed by atoms with E-state index in [2.05, 4.69) is 41.5 Å². The Morgan fingerprint density at radius 1 is 1.11 bits per heavy atom. The highest BCUT2D eigenvalue weighted by atomic mass is 16.1. The minimum absolute atomic E-state index is 0.0989. The van der Waals surface area contributed by atoms with Gasteiger partial charge in [0.05, 0.1) is 28.9 Å². The molecule has 0 aliphatic heterocycles. The maximum absolute atomic E-state index is 13.1. The largest absolute Gasteiger partial charge is 0.381 e. The van der Waals surface area contributed by atoms with E-state index in [1.807, 2.05) is 48.9 Å². The lowest BCUT2D eigenvalue weighted by Gasteiger charge is -2.22. The van der Waals surface area contributed by atoms with Crippen LogP contribution in [-0.4, -0.2) is 26.7 Å². The van der Waals surface area contributed by atoms with Crippen molar-refractivity contribution in [2.45, 2.75) is 53.2 Å². The molecule has 148 valence electrons. The van der Waals surface area contributed by atoms with Gasteiger partial charge in [0, 0.05) is 18.8 Å². The van der Waals surface area contributed by atoms with Gasteiger partial charge >= 0.3 is 0 Å². The van der Waals surface area contributed by atoms with Crippen LogP contribution >= 0.6 is 0 Å². The molecule has 2 N–H and O–H groups in total. The quantitative estimate of drug-likeness (QED) is 0.638. The van der Waals surface area contributed by atoms with Crippen molar-refractivity contribution in [3.05, 3.63) is 53.9 Å². The van der Waals surface area contributed by atoms with Crippen LogP contribution in [0.3, 0.4) is 0 Å². The molecule has 0 saturated carbocycles. The fourth-order valence-electron chi connectivity index (χ4n) is 3.08. The number of amides is 1. The third kappa shape index (κ3) is 4.01. The minimum atomic E-state index is -0.145. The topological polar surface area (TPSA) is 71.8 Å². The van der Waals surface area contributed by atoms with E-state index in [0.29, 0.717) is 11.5 Å². The lowest BCUT2D eigenvalue weighted by molar-refractivity contribution is 0.0940. The zero-order valence-corrected chi connectivity index (χ0v) is 17.2. The molecule has 0 unspecified atom stereocenters. The smallest absolute Gasteiger partial charge is 0.255 e. The lowest BCUT2D eigenvalue weighted by atomic mass is 10.0. The number of fused-ring (bicyclic) bond motifs is 1. The molecule has 0 aliphatic rings. The molecule has 28 heavy (non-hydrogen) atoms. The predicted molar refractivity (Wildman–Crippen MR) is 113 cm³/mol. The number of benzene rings is 1. The molecule has 1 amide bonds. The second-order valence-electron chi connectivity index (χ2n) is 7.53. The molecule has 0 aliphatic carbocycles. The molecule has 3 aromatic rings. The molecule has 2 heterocycles. The van der Waals surface area contributed by atoms with Crippen molar-refractivity contribution in [1.29, 1.82) is 0 Å². The second-order valence-corrected chi connectivity index (χ2v) is 7.53. The Morgan fingerprint density at radius 2 is 1.82 bits per heavy atom. The van der Waals surface area contributed by atoms with Crippen LogP contribution in [0.5, 0.6) is 0 Å². The normalized spacial score (nSPS) is 13.5. The lowest BCUT2D eigenvalue weighted by Crippen LogP contribution is -2.29. The van der Waals surface area contributed by atoms with Gasteiger partial charge in [0.15, 0.2) is 5.65 Å². The van der Waals surface area contributed by atoms with Crippen LogP contribution in [0.25, 0.3) is 11.0 Å². The number of rotatable bonds is 7. The molecule has 6 nitrogen and oxygen atoms in total. The van der Waals surface area contributed by atoms with Gasteiger partial charge in [-0.1, -0.05) is 44.2 Å². The average molecular weight is 380 g/mol.